The molecule has 0 unspecified atom stereocenters. The van der Waals surface area contributed by atoms with Crippen LogP contribution >= 0.6 is 0 Å². The first kappa shape index (κ1) is 24.4. The normalized spacial score (nSPS) is 20.7. The summed E-state index contributed by atoms with van der Waals surface area (Å²) in [4.78, 5) is 16.3. The van der Waals surface area contributed by atoms with Crippen molar-refractivity contribution in [1.29, 1.82) is 0 Å². The zero-order valence-electron chi connectivity index (χ0n) is 15.5. The fraction of sp³-hybridized carbons (Fsp3) is 0.556. The van der Waals surface area contributed by atoms with Crippen molar-refractivity contribution < 1.29 is 63.8 Å². The second kappa shape index (κ2) is 9.53. The molecule has 0 saturated carbocycles. The first-order valence-electron chi connectivity index (χ1n) is 8.91. The van der Waals surface area contributed by atoms with Gasteiger partial charge in [0.15, 0.2) is 0 Å². The van der Waals surface area contributed by atoms with Crippen molar-refractivity contribution in [2.24, 2.45) is 0 Å². The summed E-state index contributed by atoms with van der Waals surface area (Å²) in [6.07, 6.45) is -7.67. The minimum Gasteiger partial charge on any atom is -0.432 e. The third-order valence-electron chi connectivity index (χ3n) is 5.00. The molecular formula is C18H20F6N3OY-. The van der Waals surface area contributed by atoms with E-state index in [9.17, 15) is 31.1 Å². The number of hydrogen-bond acceptors (Lipinski definition) is 4. The van der Waals surface area contributed by atoms with Gasteiger partial charge >= 0.3 is 12.4 Å². The number of ketones is 1. The Morgan fingerprint density at radius 3 is 2.24 bits per heavy atom. The number of carbonyl (C=O) groups is 1. The molecular weight excluding hydrogens is 477 g/mol. The molecule has 1 atom stereocenters. The van der Waals surface area contributed by atoms with E-state index in [1.807, 2.05) is 4.90 Å². The van der Waals surface area contributed by atoms with Crippen LogP contribution in [0, 0.1) is 6.54 Å². The topological polar surface area (TPSA) is 35.6 Å². The van der Waals surface area contributed by atoms with E-state index in [1.54, 1.807) is 0 Å². The van der Waals surface area contributed by atoms with E-state index in [0.29, 0.717) is 31.3 Å². The summed E-state index contributed by atoms with van der Waals surface area (Å²) in [5.74, 6) is -0.405. The van der Waals surface area contributed by atoms with Gasteiger partial charge in [0.2, 0.25) is 0 Å². The minimum absolute atomic E-state index is 0. The predicted octanol–water partition coefficient (Wildman–Crippen LogP) is 3.64. The molecule has 2 aliphatic heterocycles. The van der Waals surface area contributed by atoms with Crippen molar-refractivity contribution >= 4 is 11.5 Å². The Balaban J connectivity index is 0.00000300. The van der Waals surface area contributed by atoms with Gasteiger partial charge in [-0.25, -0.2) is 0 Å². The second-order valence-corrected chi connectivity index (χ2v) is 7.07. The number of hydrogen-bond donors (Lipinski definition) is 1. The smallest absolute Gasteiger partial charge is 0.416 e. The van der Waals surface area contributed by atoms with Gasteiger partial charge in [-0.05, 0) is 50.7 Å². The quantitative estimate of drug-likeness (QED) is 0.498. The van der Waals surface area contributed by atoms with E-state index in [0.717, 1.165) is 25.9 Å². The van der Waals surface area contributed by atoms with Crippen LogP contribution in [-0.2, 0) is 49.9 Å². The summed E-state index contributed by atoms with van der Waals surface area (Å²) >= 11 is 0. The van der Waals surface area contributed by atoms with E-state index < -0.39 is 35.0 Å². The molecule has 1 radical (unpaired) electrons. The summed E-state index contributed by atoms with van der Waals surface area (Å²) in [6.45, 7) is 4.26. The first-order chi connectivity index (χ1) is 13.0. The summed E-state index contributed by atoms with van der Waals surface area (Å²) < 4.78 is 77.2. The maximum atomic E-state index is 12.9. The van der Waals surface area contributed by atoms with Crippen LogP contribution in [0.3, 0.4) is 0 Å². The molecule has 0 aromatic heterocycles. The van der Waals surface area contributed by atoms with Crippen molar-refractivity contribution in [2.75, 3.05) is 38.0 Å². The number of carbonyl (C=O) groups excluding carboxylic acids is 1. The van der Waals surface area contributed by atoms with Crippen molar-refractivity contribution in [3.05, 3.63) is 35.9 Å². The monoisotopic (exact) mass is 497 g/mol. The van der Waals surface area contributed by atoms with Gasteiger partial charge in [0.25, 0.3) is 0 Å². The molecule has 3 rings (SSSR count). The third kappa shape index (κ3) is 6.57. The van der Waals surface area contributed by atoms with E-state index in [1.165, 1.54) is 6.54 Å². The van der Waals surface area contributed by atoms with E-state index >= 15 is 0 Å². The maximum absolute atomic E-state index is 12.9. The Morgan fingerprint density at radius 1 is 1.03 bits per heavy atom. The van der Waals surface area contributed by atoms with E-state index in [4.69, 9.17) is 0 Å². The number of nitrogens with zero attached hydrogens (tertiary/aromatic N) is 2. The van der Waals surface area contributed by atoms with Crippen LogP contribution in [0.2, 0.25) is 0 Å². The fourth-order valence-electron chi connectivity index (χ4n) is 3.63. The molecule has 1 aromatic rings. The Kier molecular flexibility index (Phi) is 8.03. The Bertz CT molecular complexity index is 692. The molecule has 11 heteroatoms. The third-order valence-corrected chi connectivity index (χ3v) is 5.00. The fourth-order valence-corrected chi connectivity index (χ4v) is 3.63. The molecule has 159 valence electrons. The van der Waals surface area contributed by atoms with Gasteiger partial charge in [-0.15, -0.1) is 0 Å². The SMILES string of the molecule is O=C([CH-]N1CCN2CCC[C@H]2C1)CNc1cc(C(F)(F)F)cc(C(F)(F)F)c1.[Y]. The number of halogens is 6. The maximum Gasteiger partial charge on any atom is 0.416 e. The number of Topliss-reactive ketones (excluding diaryl/α,β-unsaturated/α-hetero) is 1. The summed E-state index contributed by atoms with van der Waals surface area (Å²) in [5, 5.41) is 2.39. The van der Waals surface area contributed by atoms with Crippen LogP contribution in [0.4, 0.5) is 32.0 Å². The van der Waals surface area contributed by atoms with Crippen molar-refractivity contribution in [2.45, 2.75) is 31.2 Å². The average Bonchev–Trinajstić information content (AvgIpc) is 3.06. The van der Waals surface area contributed by atoms with Gasteiger partial charge in [0, 0.05) is 63.3 Å². The molecule has 2 heterocycles. The zero-order valence-corrected chi connectivity index (χ0v) is 18.3. The standard InChI is InChI=1S/C18H20F6N3O.Y/c19-17(20,21)12-6-13(18(22,23)24)8-14(7-12)25-9-16(28)11-26-4-5-27-3-1-2-15(27)10-26;/h6-8,11,15,25H,1-5,9-10H2;/q-1;/t15-;/m0./s1. The molecule has 0 bridgehead atoms. The van der Waals surface area contributed by atoms with Crippen LogP contribution in [0.15, 0.2) is 18.2 Å². The van der Waals surface area contributed by atoms with Gasteiger partial charge in [0.1, 0.15) is 0 Å². The number of benzene rings is 1. The van der Waals surface area contributed by atoms with Gasteiger partial charge in [-0.2, -0.15) is 26.3 Å². The van der Waals surface area contributed by atoms with Gasteiger partial charge in [0.05, 0.1) is 11.1 Å². The Morgan fingerprint density at radius 2 is 1.66 bits per heavy atom. The molecule has 2 saturated heterocycles. The zero-order chi connectivity index (χ0) is 20.5. The molecule has 4 nitrogen and oxygen atoms in total. The molecule has 1 aromatic carbocycles. The largest absolute Gasteiger partial charge is 0.432 e. The first-order valence-corrected chi connectivity index (χ1v) is 8.91. The molecule has 0 aliphatic carbocycles. The number of fused-ring (bicyclic) bond motifs is 1. The number of rotatable bonds is 5. The van der Waals surface area contributed by atoms with Crippen LogP contribution in [-0.4, -0.2) is 54.3 Å². The second-order valence-electron chi connectivity index (χ2n) is 7.07. The summed E-state index contributed by atoms with van der Waals surface area (Å²) in [7, 11) is 0. The Labute approximate surface area is 189 Å². The number of piperazine rings is 1. The van der Waals surface area contributed by atoms with Crippen LogP contribution in [0.1, 0.15) is 24.0 Å². The number of nitrogens with one attached hydrogen (secondary N) is 1. The van der Waals surface area contributed by atoms with Gasteiger partial charge in [-0.3, -0.25) is 11.4 Å². The molecule has 29 heavy (non-hydrogen) atoms. The molecule has 0 amide bonds. The summed E-state index contributed by atoms with van der Waals surface area (Å²) in [5.41, 5.74) is -3.23. The van der Waals surface area contributed by atoms with Crippen molar-refractivity contribution in [3.63, 3.8) is 0 Å². The van der Waals surface area contributed by atoms with Gasteiger partial charge in [-0.1, -0.05) is 0 Å². The molecule has 0 spiro atoms. The van der Waals surface area contributed by atoms with Gasteiger partial charge < -0.3 is 15.0 Å². The molecule has 2 aliphatic rings. The molecule has 2 fully saturated rings. The number of alkyl halides is 6. The number of anilines is 1. The van der Waals surface area contributed by atoms with Crippen LogP contribution < -0.4 is 5.32 Å². The Hall–Kier alpha value is -0.836. The van der Waals surface area contributed by atoms with Crippen molar-refractivity contribution in [1.82, 2.24) is 9.80 Å². The average molecular weight is 497 g/mol. The van der Waals surface area contributed by atoms with E-state index in [-0.39, 0.29) is 45.3 Å². The van der Waals surface area contributed by atoms with Crippen LogP contribution in [0.25, 0.3) is 0 Å². The van der Waals surface area contributed by atoms with Crippen molar-refractivity contribution in [3.8, 4) is 0 Å². The summed E-state index contributed by atoms with van der Waals surface area (Å²) in [6, 6.07) is 1.59. The van der Waals surface area contributed by atoms with E-state index in [2.05, 4.69) is 10.2 Å². The van der Waals surface area contributed by atoms with Crippen LogP contribution in [0.5, 0.6) is 0 Å². The molecule has 1 N–H and O–H groups in total. The minimum atomic E-state index is -4.92. The predicted molar refractivity (Wildman–Crippen MR) is 90.4 cm³/mol.